The highest BCUT2D eigenvalue weighted by atomic mass is 16.5. The Labute approximate surface area is 199 Å². The van der Waals surface area contributed by atoms with E-state index in [0.29, 0.717) is 22.9 Å². The number of nitrogens with zero attached hydrogens (tertiary/aromatic N) is 3. The van der Waals surface area contributed by atoms with Crippen LogP contribution >= 0.6 is 0 Å². The molecule has 0 atom stereocenters. The van der Waals surface area contributed by atoms with Gasteiger partial charge in [-0.3, -0.25) is 0 Å². The summed E-state index contributed by atoms with van der Waals surface area (Å²) in [7, 11) is 3.12. The number of carbonyl (C=O) groups is 1. The van der Waals surface area contributed by atoms with Crippen molar-refractivity contribution in [1.82, 2.24) is 9.97 Å². The molecule has 1 aromatic heterocycles. The second-order valence-corrected chi connectivity index (χ2v) is 8.06. The first-order chi connectivity index (χ1) is 16.5. The minimum absolute atomic E-state index is 0.356. The highest BCUT2D eigenvalue weighted by Crippen LogP contribution is 2.30. The maximum atomic E-state index is 12.4. The summed E-state index contributed by atoms with van der Waals surface area (Å²) in [4.78, 5) is 23.8. The predicted octanol–water partition coefficient (Wildman–Crippen LogP) is 5.18. The lowest BCUT2D eigenvalue weighted by atomic mass is 10.1. The molecule has 9 nitrogen and oxygen atoms in total. The van der Waals surface area contributed by atoms with Crippen LogP contribution in [0.2, 0.25) is 0 Å². The number of ether oxygens (including phenoxy) is 2. The van der Waals surface area contributed by atoms with E-state index in [-0.39, 0.29) is 6.03 Å². The lowest BCUT2D eigenvalue weighted by molar-refractivity contribution is 0.262. The van der Waals surface area contributed by atoms with E-state index < -0.39 is 0 Å². The lowest BCUT2D eigenvalue weighted by Gasteiger charge is -2.28. The van der Waals surface area contributed by atoms with Crippen LogP contribution in [0.15, 0.2) is 48.5 Å². The summed E-state index contributed by atoms with van der Waals surface area (Å²) in [6, 6.07) is 14.3. The standard InChI is InChI=1S/C25H30N6O3/c1-17-26-23(16-24(27-17)31-13-5-4-6-14-31)28-18-7-9-19(10-8-18)29-25(32)30-20-11-12-21(33-2)22(15-20)34-3/h7-12,15-16H,4-6,13-14H2,1-3H3,(H,26,27,28)(H2,29,30,32). The highest BCUT2D eigenvalue weighted by Gasteiger charge is 2.14. The average Bonchev–Trinajstić information content (AvgIpc) is 2.85. The van der Waals surface area contributed by atoms with Crippen molar-refractivity contribution in [3.05, 3.63) is 54.4 Å². The van der Waals surface area contributed by atoms with Gasteiger partial charge in [0.25, 0.3) is 0 Å². The topological polar surface area (TPSA) is 101 Å². The predicted molar refractivity (Wildman–Crippen MR) is 135 cm³/mol. The Hall–Kier alpha value is -4.01. The zero-order valence-corrected chi connectivity index (χ0v) is 19.7. The molecule has 3 N–H and O–H groups in total. The van der Waals surface area contributed by atoms with Crippen molar-refractivity contribution in [3.8, 4) is 11.5 Å². The first kappa shape index (κ1) is 23.2. The highest BCUT2D eigenvalue weighted by molar-refractivity contribution is 6.00. The van der Waals surface area contributed by atoms with Gasteiger partial charge in [-0.05, 0) is 62.6 Å². The first-order valence-corrected chi connectivity index (χ1v) is 11.3. The second-order valence-electron chi connectivity index (χ2n) is 8.06. The van der Waals surface area contributed by atoms with E-state index in [1.807, 2.05) is 37.3 Å². The zero-order chi connectivity index (χ0) is 23.9. The van der Waals surface area contributed by atoms with Gasteiger partial charge in [0.1, 0.15) is 17.5 Å². The van der Waals surface area contributed by atoms with Crippen LogP contribution in [0.1, 0.15) is 25.1 Å². The number of hydrogen-bond donors (Lipinski definition) is 3. The van der Waals surface area contributed by atoms with Gasteiger partial charge in [-0.2, -0.15) is 0 Å². The SMILES string of the molecule is COc1ccc(NC(=O)Nc2ccc(Nc3cc(N4CCCCC4)nc(C)n3)cc2)cc1OC. The number of aryl methyl sites for hydroxylation is 1. The first-order valence-electron chi connectivity index (χ1n) is 11.3. The summed E-state index contributed by atoms with van der Waals surface area (Å²) < 4.78 is 10.5. The van der Waals surface area contributed by atoms with Crippen molar-refractivity contribution in [2.45, 2.75) is 26.2 Å². The van der Waals surface area contributed by atoms with E-state index in [0.717, 1.165) is 36.2 Å². The molecule has 0 aliphatic carbocycles. The van der Waals surface area contributed by atoms with Crippen molar-refractivity contribution in [2.24, 2.45) is 0 Å². The van der Waals surface area contributed by atoms with Crippen LogP contribution in [0.5, 0.6) is 11.5 Å². The molecule has 0 radical (unpaired) electrons. The molecule has 9 heteroatoms. The third-order valence-corrected chi connectivity index (χ3v) is 5.56. The summed E-state index contributed by atoms with van der Waals surface area (Å²) in [5, 5.41) is 8.95. The Morgan fingerprint density at radius 1 is 0.824 bits per heavy atom. The number of hydrogen-bond acceptors (Lipinski definition) is 7. The van der Waals surface area contributed by atoms with Crippen LogP contribution in [0.3, 0.4) is 0 Å². The van der Waals surface area contributed by atoms with Gasteiger partial charge in [0.15, 0.2) is 11.5 Å². The quantitative estimate of drug-likeness (QED) is 0.445. The average molecular weight is 463 g/mol. The minimum atomic E-state index is -0.356. The van der Waals surface area contributed by atoms with Gasteiger partial charge in [-0.25, -0.2) is 14.8 Å². The summed E-state index contributed by atoms with van der Waals surface area (Å²) in [5.41, 5.74) is 2.13. The van der Waals surface area contributed by atoms with Gasteiger partial charge in [0.2, 0.25) is 0 Å². The van der Waals surface area contributed by atoms with Gasteiger partial charge >= 0.3 is 6.03 Å². The molecule has 0 saturated carbocycles. The summed E-state index contributed by atoms with van der Waals surface area (Å²) in [6.07, 6.45) is 3.66. The molecule has 34 heavy (non-hydrogen) atoms. The fraction of sp³-hybridized carbons (Fsp3) is 0.320. The second kappa shape index (κ2) is 10.7. The van der Waals surface area contributed by atoms with Gasteiger partial charge in [0.05, 0.1) is 14.2 Å². The Kier molecular flexibility index (Phi) is 7.31. The molecule has 2 amide bonds. The molecule has 178 valence electrons. The number of anilines is 5. The molecule has 2 aromatic carbocycles. The van der Waals surface area contributed by atoms with Crippen molar-refractivity contribution in [3.63, 3.8) is 0 Å². The molecule has 2 heterocycles. The normalized spacial score (nSPS) is 13.2. The molecule has 0 bridgehead atoms. The van der Waals surface area contributed by atoms with E-state index in [1.165, 1.54) is 19.3 Å². The molecule has 4 rings (SSSR count). The molecule has 0 spiro atoms. The van der Waals surface area contributed by atoms with Gasteiger partial charge in [-0.15, -0.1) is 0 Å². The lowest BCUT2D eigenvalue weighted by Crippen LogP contribution is -2.30. The monoisotopic (exact) mass is 462 g/mol. The van der Waals surface area contributed by atoms with Crippen LogP contribution in [0, 0.1) is 6.92 Å². The van der Waals surface area contributed by atoms with Crippen LogP contribution < -0.4 is 30.3 Å². The number of carbonyl (C=O) groups excluding carboxylic acids is 1. The van der Waals surface area contributed by atoms with Gasteiger partial charge in [0, 0.05) is 42.3 Å². The van der Waals surface area contributed by atoms with E-state index in [4.69, 9.17) is 9.47 Å². The maximum absolute atomic E-state index is 12.4. The van der Waals surface area contributed by atoms with E-state index in [9.17, 15) is 4.79 Å². The molecular weight excluding hydrogens is 432 g/mol. The number of methoxy groups -OCH3 is 2. The smallest absolute Gasteiger partial charge is 0.323 e. The Morgan fingerprint density at radius 3 is 2.18 bits per heavy atom. The van der Waals surface area contributed by atoms with Crippen molar-refractivity contribution < 1.29 is 14.3 Å². The summed E-state index contributed by atoms with van der Waals surface area (Å²) in [5.74, 6) is 3.58. The van der Waals surface area contributed by atoms with Crippen molar-refractivity contribution >= 4 is 34.7 Å². The Bertz CT molecular complexity index is 1130. The molecular formula is C25H30N6O3. The molecule has 1 saturated heterocycles. The number of amides is 2. The van der Waals surface area contributed by atoms with Crippen LogP contribution in [-0.2, 0) is 0 Å². The fourth-order valence-electron chi connectivity index (χ4n) is 3.89. The van der Waals surface area contributed by atoms with Crippen LogP contribution in [-0.4, -0.2) is 43.3 Å². The third kappa shape index (κ3) is 5.86. The van der Waals surface area contributed by atoms with E-state index in [2.05, 4.69) is 30.8 Å². The maximum Gasteiger partial charge on any atom is 0.323 e. The van der Waals surface area contributed by atoms with Gasteiger partial charge in [-0.1, -0.05) is 0 Å². The molecule has 1 aliphatic heterocycles. The number of nitrogens with one attached hydrogen (secondary N) is 3. The summed E-state index contributed by atoms with van der Waals surface area (Å²) >= 11 is 0. The number of piperidine rings is 1. The summed E-state index contributed by atoms with van der Waals surface area (Å²) in [6.45, 7) is 3.96. The van der Waals surface area contributed by atoms with Crippen LogP contribution in [0.25, 0.3) is 0 Å². The Morgan fingerprint density at radius 2 is 1.47 bits per heavy atom. The molecule has 3 aromatic rings. The fourth-order valence-corrected chi connectivity index (χ4v) is 3.89. The molecule has 1 aliphatic rings. The number of aromatic nitrogens is 2. The number of urea groups is 1. The Balaban J connectivity index is 1.37. The van der Waals surface area contributed by atoms with E-state index in [1.54, 1.807) is 32.4 Å². The van der Waals surface area contributed by atoms with Gasteiger partial charge < -0.3 is 30.3 Å². The molecule has 0 unspecified atom stereocenters. The number of rotatable bonds is 7. The van der Waals surface area contributed by atoms with Crippen molar-refractivity contribution in [2.75, 3.05) is 48.2 Å². The van der Waals surface area contributed by atoms with Crippen LogP contribution in [0.4, 0.5) is 33.5 Å². The molecule has 1 fully saturated rings. The zero-order valence-electron chi connectivity index (χ0n) is 19.7. The minimum Gasteiger partial charge on any atom is -0.493 e. The van der Waals surface area contributed by atoms with E-state index >= 15 is 0 Å². The van der Waals surface area contributed by atoms with Crippen molar-refractivity contribution in [1.29, 1.82) is 0 Å². The largest absolute Gasteiger partial charge is 0.493 e. The third-order valence-electron chi connectivity index (χ3n) is 5.56. The number of benzene rings is 2.